The molecule has 0 radical (unpaired) electrons. The number of hydrogen-bond donors (Lipinski definition) is 2. The zero-order valence-corrected chi connectivity index (χ0v) is 14.5. The summed E-state index contributed by atoms with van der Waals surface area (Å²) >= 11 is 0. The monoisotopic (exact) mass is 348 g/mol. The summed E-state index contributed by atoms with van der Waals surface area (Å²) in [6.07, 6.45) is 3.70. The number of hydrogen-bond acceptors (Lipinski definition) is 3. The van der Waals surface area contributed by atoms with Gasteiger partial charge in [-0.2, -0.15) is 0 Å². The van der Waals surface area contributed by atoms with Crippen LogP contribution in [0, 0.1) is 6.92 Å². The maximum atomic E-state index is 12.0. The molecule has 0 aliphatic rings. The Labute approximate surface area is 151 Å². The smallest absolute Gasteiger partial charge is 0.313 e. The van der Waals surface area contributed by atoms with Crippen molar-refractivity contribution in [3.05, 3.63) is 83.9 Å². The Kier molecular flexibility index (Phi) is 5.43. The highest BCUT2D eigenvalue weighted by atomic mass is 16.2. The molecule has 0 fully saturated rings. The maximum absolute atomic E-state index is 12.0. The minimum atomic E-state index is -0.679. The highest BCUT2D eigenvalue weighted by molar-refractivity contribution is 6.39. The summed E-state index contributed by atoms with van der Waals surface area (Å²) in [5, 5.41) is 5.21. The van der Waals surface area contributed by atoms with Gasteiger partial charge in [0.25, 0.3) is 0 Å². The van der Waals surface area contributed by atoms with Crippen molar-refractivity contribution in [1.29, 1.82) is 0 Å². The quantitative estimate of drug-likeness (QED) is 0.696. The molecular formula is C20H20N4O2. The number of anilines is 1. The molecule has 0 unspecified atom stereocenters. The number of carbonyl (C=O) groups is 2. The van der Waals surface area contributed by atoms with Gasteiger partial charge in [-0.15, -0.1) is 0 Å². The van der Waals surface area contributed by atoms with Crippen LogP contribution in [0.1, 0.15) is 17.0 Å². The van der Waals surface area contributed by atoms with E-state index in [0.29, 0.717) is 12.2 Å². The molecule has 2 aromatic carbocycles. The van der Waals surface area contributed by atoms with E-state index in [1.807, 2.05) is 48.0 Å². The van der Waals surface area contributed by atoms with E-state index in [9.17, 15) is 9.59 Å². The van der Waals surface area contributed by atoms with Gasteiger partial charge in [0.15, 0.2) is 0 Å². The van der Waals surface area contributed by atoms with Gasteiger partial charge < -0.3 is 15.2 Å². The van der Waals surface area contributed by atoms with Crippen molar-refractivity contribution < 1.29 is 9.59 Å². The molecule has 0 saturated heterocycles. The predicted octanol–water partition coefficient (Wildman–Crippen LogP) is 2.49. The molecule has 0 bridgehead atoms. The summed E-state index contributed by atoms with van der Waals surface area (Å²) in [5.41, 5.74) is 2.62. The molecule has 6 heteroatoms. The summed E-state index contributed by atoms with van der Waals surface area (Å²) in [5.74, 6) is -0.396. The molecule has 0 saturated carbocycles. The second-order valence-electron chi connectivity index (χ2n) is 5.93. The standard InChI is InChI=1S/C20H20N4O2/c1-15-21-10-11-24(15)14-17-7-5-6-16(12-17)13-22-19(25)20(26)23-18-8-3-2-4-9-18/h2-12H,13-14H2,1H3,(H,22,25)(H,23,26). The van der Waals surface area contributed by atoms with Gasteiger partial charge in [0.05, 0.1) is 0 Å². The van der Waals surface area contributed by atoms with E-state index >= 15 is 0 Å². The summed E-state index contributed by atoms with van der Waals surface area (Å²) in [4.78, 5) is 28.1. The zero-order chi connectivity index (χ0) is 18.4. The highest BCUT2D eigenvalue weighted by Crippen LogP contribution is 2.09. The number of rotatable bonds is 5. The lowest BCUT2D eigenvalue weighted by molar-refractivity contribution is -0.136. The molecule has 0 aliphatic carbocycles. The van der Waals surface area contributed by atoms with Crippen LogP contribution in [0.15, 0.2) is 67.0 Å². The third-order valence-electron chi connectivity index (χ3n) is 3.96. The van der Waals surface area contributed by atoms with Crippen LogP contribution in [0.4, 0.5) is 5.69 Å². The maximum Gasteiger partial charge on any atom is 0.313 e. The van der Waals surface area contributed by atoms with Crippen LogP contribution >= 0.6 is 0 Å². The number of nitrogens with zero attached hydrogens (tertiary/aromatic N) is 2. The number of para-hydroxylation sites is 1. The van der Waals surface area contributed by atoms with Gasteiger partial charge >= 0.3 is 11.8 Å². The van der Waals surface area contributed by atoms with Crippen molar-refractivity contribution in [3.63, 3.8) is 0 Å². The third kappa shape index (κ3) is 4.57. The van der Waals surface area contributed by atoms with Crippen LogP contribution in [0.3, 0.4) is 0 Å². The summed E-state index contributed by atoms with van der Waals surface area (Å²) in [6.45, 7) is 2.95. The van der Waals surface area contributed by atoms with Gasteiger partial charge in [0, 0.05) is 31.2 Å². The SMILES string of the molecule is Cc1nccn1Cc1cccc(CNC(=O)C(=O)Nc2ccccc2)c1. The van der Waals surface area contributed by atoms with Crippen molar-refractivity contribution in [2.24, 2.45) is 0 Å². The lowest BCUT2D eigenvalue weighted by Crippen LogP contribution is -2.34. The van der Waals surface area contributed by atoms with Gasteiger partial charge in [-0.05, 0) is 30.2 Å². The Morgan fingerprint density at radius 3 is 2.50 bits per heavy atom. The fraction of sp³-hybridized carbons (Fsp3) is 0.150. The number of amides is 2. The number of imidazole rings is 1. The minimum Gasteiger partial charge on any atom is -0.344 e. The minimum absolute atomic E-state index is 0.289. The van der Waals surface area contributed by atoms with Crippen molar-refractivity contribution in [3.8, 4) is 0 Å². The zero-order valence-electron chi connectivity index (χ0n) is 14.5. The topological polar surface area (TPSA) is 76.0 Å². The van der Waals surface area contributed by atoms with Gasteiger partial charge in [-0.3, -0.25) is 9.59 Å². The Hall–Kier alpha value is -3.41. The lowest BCUT2D eigenvalue weighted by atomic mass is 10.1. The van der Waals surface area contributed by atoms with Crippen molar-refractivity contribution in [1.82, 2.24) is 14.9 Å². The van der Waals surface area contributed by atoms with E-state index in [4.69, 9.17) is 0 Å². The Morgan fingerprint density at radius 2 is 1.77 bits per heavy atom. The number of aryl methyl sites for hydroxylation is 1. The largest absolute Gasteiger partial charge is 0.344 e. The van der Waals surface area contributed by atoms with Crippen LogP contribution < -0.4 is 10.6 Å². The van der Waals surface area contributed by atoms with E-state index in [0.717, 1.165) is 17.0 Å². The van der Waals surface area contributed by atoms with Crippen molar-refractivity contribution >= 4 is 17.5 Å². The second kappa shape index (κ2) is 8.11. The molecule has 2 amide bonds. The molecule has 2 N–H and O–H groups in total. The van der Waals surface area contributed by atoms with E-state index in [2.05, 4.69) is 15.6 Å². The van der Waals surface area contributed by atoms with Gasteiger partial charge in [-0.25, -0.2) is 4.98 Å². The predicted molar refractivity (Wildman–Crippen MR) is 99.4 cm³/mol. The molecule has 1 heterocycles. The van der Waals surface area contributed by atoms with Crippen LogP contribution in [0.2, 0.25) is 0 Å². The van der Waals surface area contributed by atoms with E-state index < -0.39 is 11.8 Å². The van der Waals surface area contributed by atoms with Crippen LogP contribution in [0.25, 0.3) is 0 Å². The summed E-state index contributed by atoms with van der Waals surface area (Å²) in [7, 11) is 0. The second-order valence-corrected chi connectivity index (χ2v) is 5.93. The normalized spacial score (nSPS) is 10.3. The van der Waals surface area contributed by atoms with Gasteiger partial charge in [0.2, 0.25) is 0 Å². The van der Waals surface area contributed by atoms with Crippen molar-refractivity contribution in [2.75, 3.05) is 5.32 Å². The first-order valence-electron chi connectivity index (χ1n) is 8.31. The number of aromatic nitrogens is 2. The highest BCUT2D eigenvalue weighted by Gasteiger charge is 2.13. The molecule has 132 valence electrons. The number of nitrogens with one attached hydrogen (secondary N) is 2. The first-order valence-corrected chi connectivity index (χ1v) is 8.31. The van der Waals surface area contributed by atoms with Gasteiger partial charge in [0.1, 0.15) is 5.82 Å². The molecule has 3 rings (SSSR count). The van der Waals surface area contributed by atoms with Crippen molar-refractivity contribution in [2.45, 2.75) is 20.0 Å². The fourth-order valence-corrected chi connectivity index (χ4v) is 2.58. The van der Waals surface area contributed by atoms with E-state index in [1.165, 1.54) is 0 Å². The summed E-state index contributed by atoms with van der Waals surface area (Å²) < 4.78 is 2.05. The summed E-state index contributed by atoms with van der Waals surface area (Å²) in [6, 6.07) is 16.8. The molecule has 0 atom stereocenters. The average Bonchev–Trinajstić information content (AvgIpc) is 3.05. The molecule has 26 heavy (non-hydrogen) atoms. The average molecular weight is 348 g/mol. The molecule has 0 aliphatic heterocycles. The first kappa shape index (κ1) is 17.4. The lowest BCUT2D eigenvalue weighted by Gasteiger charge is -2.09. The number of carbonyl (C=O) groups excluding carboxylic acids is 2. The number of benzene rings is 2. The van der Waals surface area contributed by atoms with E-state index in [1.54, 1.807) is 30.5 Å². The third-order valence-corrected chi connectivity index (χ3v) is 3.96. The Morgan fingerprint density at radius 1 is 1.00 bits per heavy atom. The molecule has 0 spiro atoms. The first-order chi connectivity index (χ1) is 12.6. The Bertz CT molecular complexity index is 903. The molecule has 1 aromatic heterocycles. The molecule has 3 aromatic rings. The molecular weight excluding hydrogens is 328 g/mol. The van der Waals surface area contributed by atoms with Crippen LogP contribution in [-0.4, -0.2) is 21.4 Å². The molecule has 6 nitrogen and oxygen atoms in total. The van der Waals surface area contributed by atoms with E-state index in [-0.39, 0.29) is 6.54 Å². The Balaban J connectivity index is 1.55. The van der Waals surface area contributed by atoms with Gasteiger partial charge in [-0.1, -0.05) is 42.5 Å². The fourth-order valence-electron chi connectivity index (χ4n) is 2.58. The van der Waals surface area contributed by atoms with Crippen LogP contribution in [0.5, 0.6) is 0 Å². The van der Waals surface area contributed by atoms with Crippen LogP contribution in [-0.2, 0) is 22.7 Å².